The summed E-state index contributed by atoms with van der Waals surface area (Å²) in [7, 11) is 0. The summed E-state index contributed by atoms with van der Waals surface area (Å²) in [6.45, 7) is 0. The Morgan fingerprint density at radius 1 is 0.750 bits per heavy atom. The van der Waals surface area contributed by atoms with E-state index >= 15 is 0 Å². The molecule has 0 saturated heterocycles. The molecule has 0 fully saturated rings. The quantitative estimate of drug-likeness (QED) is 0.303. The fourth-order valence-corrected chi connectivity index (χ4v) is 0. The number of hydrogen-bond acceptors (Lipinski definition) is 2. The van der Waals surface area contributed by atoms with Crippen molar-refractivity contribution in [3.8, 4) is 0 Å². The van der Waals surface area contributed by atoms with E-state index in [4.69, 9.17) is 0 Å². The molecule has 16 valence electrons. The second-order valence-corrected chi connectivity index (χ2v) is 0. The molecule has 4 heavy (non-hydrogen) atoms. The average molecular weight is 113 g/mol. The zero-order chi connectivity index (χ0) is 0. The van der Waals surface area contributed by atoms with Crippen molar-refractivity contribution < 1.29 is 62.3 Å². The molecule has 0 aliphatic carbocycles. The summed E-state index contributed by atoms with van der Waals surface area (Å²) < 4.78 is 0. The van der Waals surface area contributed by atoms with E-state index in [1.165, 1.54) is 0 Å². The maximum absolute atomic E-state index is 0. The minimum atomic E-state index is 0. The summed E-state index contributed by atoms with van der Waals surface area (Å²) in [6.07, 6.45) is 0. The zero-order valence-electron chi connectivity index (χ0n) is 2.60. The van der Waals surface area contributed by atoms with Gasteiger partial charge in [-0.15, -0.1) is 0 Å². The molecule has 0 saturated carbocycles. The van der Waals surface area contributed by atoms with Gasteiger partial charge in [-0.1, -0.05) is 0 Å². The molecule has 0 spiro atoms. The van der Waals surface area contributed by atoms with Gasteiger partial charge in [0.15, 0.2) is 0 Å². The standard InChI is InChI=1S/Ca.K.2H2O/h;;2*1H2/q+2;+1;;/p-2. The predicted octanol–water partition coefficient (Wildman–Crippen LogP) is -3.73. The van der Waals surface area contributed by atoms with Crippen LogP contribution in [0.5, 0.6) is 0 Å². The molecule has 0 rings (SSSR count). The van der Waals surface area contributed by atoms with Crippen LogP contribution in [0.2, 0.25) is 0 Å². The Morgan fingerprint density at radius 3 is 0.750 bits per heavy atom. The van der Waals surface area contributed by atoms with Crippen LogP contribution < -0.4 is 51.4 Å². The Morgan fingerprint density at radius 2 is 0.750 bits per heavy atom. The van der Waals surface area contributed by atoms with Crippen LogP contribution in [0, 0.1) is 0 Å². The van der Waals surface area contributed by atoms with E-state index in [9.17, 15) is 0 Å². The SMILES string of the molecule is [Ca+2].[K+].[OH-].[OH-]. The van der Waals surface area contributed by atoms with Gasteiger partial charge in [-0.2, -0.15) is 0 Å². The Balaban J connectivity index is 0. The summed E-state index contributed by atoms with van der Waals surface area (Å²) in [5.74, 6) is 0. The molecule has 2 N–H and O–H groups in total. The average Bonchev–Trinajstić information content (AvgIpc) is 0. The van der Waals surface area contributed by atoms with Gasteiger partial charge in [0.1, 0.15) is 0 Å². The molecule has 0 atom stereocenters. The monoisotopic (exact) mass is 113 g/mol. The summed E-state index contributed by atoms with van der Waals surface area (Å²) in [4.78, 5) is 0. The molecule has 0 heterocycles. The first-order valence-electron chi connectivity index (χ1n) is 0. The van der Waals surface area contributed by atoms with E-state index in [0.29, 0.717) is 0 Å². The van der Waals surface area contributed by atoms with Crippen molar-refractivity contribution in [3.63, 3.8) is 0 Å². The summed E-state index contributed by atoms with van der Waals surface area (Å²) in [5, 5.41) is 0. The van der Waals surface area contributed by atoms with Gasteiger partial charge < -0.3 is 11.0 Å². The summed E-state index contributed by atoms with van der Waals surface area (Å²) in [5.41, 5.74) is 0. The second kappa shape index (κ2) is 17.0. The van der Waals surface area contributed by atoms with Gasteiger partial charge >= 0.3 is 89.1 Å². The summed E-state index contributed by atoms with van der Waals surface area (Å²) in [6, 6.07) is 0. The van der Waals surface area contributed by atoms with Crippen molar-refractivity contribution in [1.29, 1.82) is 0 Å². The van der Waals surface area contributed by atoms with Gasteiger partial charge in [0.2, 0.25) is 0 Å². The van der Waals surface area contributed by atoms with E-state index in [-0.39, 0.29) is 100 Å². The Bertz CT molecular complexity index is 6.00. The van der Waals surface area contributed by atoms with E-state index in [1.807, 2.05) is 0 Å². The molecule has 0 amide bonds. The van der Waals surface area contributed by atoms with Crippen molar-refractivity contribution in [1.82, 2.24) is 0 Å². The van der Waals surface area contributed by atoms with Crippen LogP contribution in [0.4, 0.5) is 0 Å². The maximum atomic E-state index is 0. The largest absolute Gasteiger partial charge is 2.00 e. The van der Waals surface area contributed by atoms with Crippen LogP contribution in [0.15, 0.2) is 0 Å². The fraction of sp³-hybridized carbons (Fsp3) is 0. The number of rotatable bonds is 0. The minimum Gasteiger partial charge on any atom is -0.870 e. The van der Waals surface area contributed by atoms with Crippen LogP contribution in [-0.2, 0) is 0 Å². The summed E-state index contributed by atoms with van der Waals surface area (Å²) >= 11 is 0. The first-order valence-corrected chi connectivity index (χ1v) is 0. The molecule has 0 aromatic rings. The van der Waals surface area contributed by atoms with Crippen molar-refractivity contribution in [3.05, 3.63) is 0 Å². The first-order chi connectivity index (χ1) is 0. The molecule has 0 aliphatic heterocycles. The molecule has 0 aromatic heterocycles. The van der Waals surface area contributed by atoms with Crippen LogP contribution in [0.3, 0.4) is 0 Å². The van der Waals surface area contributed by atoms with Crippen LogP contribution in [0.25, 0.3) is 0 Å². The molecule has 2 nitrogen and oxygen atoms in total. The molecule has 0 bridgehead atoms. The van der Waals surface area contributed by atoms with Crippen molar-refractivity contribution in [2.24, 2.45) is 0 Å². The Labute approximate surface area is 97.4 Å². The molecule has 0 radical (unpaired) electrons. The predicted molar refractivity (Wildman–Crippen MR) is 9.63 cm³/mol. The van der Waals surface area contributed by atoms with E-state index < -0.39 is 0 Å². The van der Waals surface area contributed by atoms with E-state index in [0.717, 1.165) is 0 Å². The first kappa shape index (κ1) is 29.1. The molecule has 4 heteroatoms. The molecular weight excluding hydrogens is 111 g/mol. The van der Waals surface area contributed by atoms with Crippen LogP contribution in [0.1, 0.15) is 0 Å². The maximum Gasteiger partial charge on any atom is 2.00 e. The zero-order valence-corrected chi connectivity index (χ0v) is 7.93. The normalized spacial score (nSPS) is 0. The molecular formula is H2CaKO2+. The molecule has 0 unspecified atom stereocenters. The van der Waals surface area contributed by atoms with Gasteiger partial charge in [0, 0.05) is 0 Å². The van der Waals surface area contributed by atoms with Crippen LogP contribution in [-0.4, -0.2) is 48.7 Å². The van der Waals surface area contributed by atoms with E-state index in [2.05, 4.69) is 0 Å². The number of hydrogen-bond donors (Lipinski definition) is 0. The Kier molecular flexibility index (Phi) is 124. The van der Waals surface area contributed by atoms with Crippen LogP contribution >= 0.6 is 0 Å². The smallest absolute Gasteiger partial charge is 0.870 e. The molecule has 0 aliphatic rings. The topological polar surface area (TPSA) is 60.0 Å². The second-order valence-electron chi connectivity index (χ2n) is 0. The minimum absolute atomic E-state index is 0. The third-order valence-corrected chi connectivity index (χ3v) is 0. The van der Waals surface area contributed by atoms with Gasteiger partial charge in [-0.05, 0) is 0 Å². The van der Waals surface area contributed by atoms with Gasteiger partial charge in [0.25, 0.3) is 0 Å². The van der Waals surface area contributed by atoms with Crippen molar-refractivity contribution >= 4 is 37.7 Å². The van der Waals surface area contributed by atoms with E-state index in [1.54, 1.807) is 0 Å². The molecule has 0 aromatic carbocycles. The van der Waals surface area contributed by atoms with Gasteiger partial charge in [0.05, 0.1) is 0 Å². The third-order valence-electron chi connectivity index (χ3n) is 0. The van der Waals surface area contributed by atoms with Crippen molar-refractivity contribution in [2.75, 3.05) is 0 Å². The van der Waals surface area contributed by atoms with Gasteiger partial charge in [-0.25, -0.2) is 0 Å². The Hall–Kier alpha value is 2.82. The van der Waals surface area contributed by atoms with Crippen molar-refractivity contribution in [2.45, 2.75) is 0 Å². The third kappa shape index (κ3) is 8.84. The fourth-order valence-electron chi connectivity index (χ4n) is 0. The van der Waals surface area contributed by atoms with Gasteiger partial charge in [-0.3, -0.25) is 0 Å².